The molecular formula is C24H49KO4S. The van der Waals surface area contributed by atoms with Gasteiger partial charge in [-0.2, -0.15) is 0 Å². The molecule has 0 radical (unpaired) electrons. The van der Waals surface area contributed by atoms with Gasteiger partial charge in [0.2, 0.25) is 0 Å². The van der Waals surface area contributed by atoms with E-state index in [0.29, 0.717) is 12.8 Å². The van der Waals surface area contributed by atoms with E-state index in [0.717, 1.165) is 64.2 Å². The van der Waals surface area contributed by atoms with Gasteiger partial charge in [0.15, 0.2) is 0 Å². The number of hydrogen-bond donors (Lipinski definition) is 1. The monoisotopic (exact) mass is 472 g/mol. The van der Waals surface area contributed by atoms with E-state index in [1.165, 1.54) is 51.4 Å². The summed E-state index contributed by atoms with van der Waals surface area (Å²) in [4.78, 5) is 0. The van der Waals surface area contributed by atoms with Crippen molar-refractivity contribution in [2.45, 2.75) is 154 Å². The van der Waals surface area contributed by atoms with Crippen molar-refractivity contribution in [3.63, 3.8) is 0 Å². The molecule has 30 heavy (non-hydrogen) atoms. The van der Waals surface area contributed by atoms with E-state index in [1.807, 2.05) is 0 Å². The molecule has 1 N–H and O–H groups in total. The predicted molar refractivity (Wildman–Crippen MR) is 123 cm³/mol. The zero-order valence-electron chi connectivity index (χ0n) is 20.4. The van der Waals surface area contributed by atoms with Crippen molar-refractivity contribution in [1.29, 1.82) is 0 Å². The van der Waals surface area contributed by atoms with Crippen LogP contribution in [0.5, 0.6) is 0 Å². The summed E-state index contributed by atoms with van der Waals surface area (Å²) in [5.41, 5.74) is 0. The Morgan fingerprint density at radius 2 is 0.900 bits per heavy atom. The topological polar surface area (TPSA) is 77.4 Å². The molecule has 0 spiro atoms. The van der Waals surface area contributed by atoms with Crippen molar-refractivity contribution in [1.82, 2.24) is 0 Å². The van der Waals surface area contributed by atoms with Gasteiger partial charge in [0.25, 0.3) is 0 Å². The predicted octanol–water partition coefficient (Wildman–Crippen LogP) is 4.11. The zero-order valence-corrected chi connectivity index (χ0v) is 24.3. The van der Waals surface area contributed by atoms with Gasteiger partial charge in [0.1, 0.15) is 0 Å². The van der Waals surface area contributed by atoms with Crippen LogP contribution >= 0.6 is 0 Å². The van der Waals surface area contributed by atoms with E-state index in [4.69, 9.17) is 0 Å². The van der Waals surface area contributed by atoms with Crippen molar-refractivity contribution in [3.05, 3.63) is 0 Å². The summed E-state index contributed by atoms with van der Waals surface area (Å²) in [6.45, 7) is 4.28. The third-order valence-corrected chi connectivity index (χ3v) is 7.28. The Kier molecular flexibility index (Phi) is 26.6. The second-order valence-electron chi connectivity index (χ2n) is 8.87. The van der Waals surface area contributed by atoms with Crippen molar-refractivity contribution in [2.75, 3.05) is 0 Å². The van der Waals surface area contributed by atoms with E-state index in [9.17, 15) is 18.1 Å². The largest absolute Gasteiger partial charge is 1.00 e. The average molecular weight is 473 g/mol. The molecule has 0 saturated carbocycles. The van der Waals surface area contributed by atoms with E-state index in [-0.39, 0.29) is 57.5 Å². The molecular weight excluding hydrogens is 423 g/mol. The molecule has 0 bridgehead atoms. The maximum atomic E-state index is 11.4. The minimum absolute atomic E-state index is 0. The molecule has 4 nitrogen and oxygen atoms in total. The van der Waals surface area contributed by atoms with Crippen LogP contribution in [0.2, 0.25) is 0 Å². The quantitative estimate of drug-likeness (QED) is 0.146. The first-order valence-corrected chi connectivity index (χ1v) is 14.0. The molecule has 0 aliphatic rings. The summed E-state index contributed by atoms with van der Waals surface area (Å²) in [5.74, 6) is 0. The van der Waals surface area contributed by atoms with Gasteiger partial charge < -0.3 is 9.66 Å². The Morgan fingerprint density at radius 1 is 0.600 bits per heavy atom. The Hall–Kier alpha value is 1.51. The molecule has 6 heteroatoms. The molecule has 0 aromatic carbocycles. The van der Waals surface area contributed by atoms with Gasteiger partial charge in [0.05, 0.1) is 16.2 Å². The van der Waals surface area contributed by atoms with E-state index in [1.54, 1.807) is 0 Å². The maximum Gasteiger partial charge on any atom is 1.00 e. The second-order valence-corrected chi connectivity index (χ2v) is 10.5. The summed E-state index contributed by atoms with van der Waals surface area (Å²) in [6.07, 6.45) is 21.1. The van der Waals surface area contributed by atoms with Gasteiger partial charge in [-0.05, 0) is 25.7 Å². The Morgan fingerprint density at radius 3 is 1.27 bits per heavy atom. The molecule has 0 amide bonds. The Bertz CT molecular complexity index is 442. The van der Waals surface area contributed by atoms with Crippen molar-refractivity contribution >= 4 is 10.1 Å². The number of aliphatic hydroxyl groups excluding tert-OH is 1. The van der Waals surface area contributed by atoms with Gasteiger partial charge in [-0.3, -0.25) is 0 Å². The first kappa shape index (κ1) is 33.7. The van der Waals surface area contributed by atoms with E-state index in [2.05, 4.69) is 13.8 Å². The van der Waals surface area contributed by atoms with E-state index < -0.39 is 15.4 Å². The molecule has 0 aliphatic carbocycles. The number of unbranched alkanes of at least 4 members (excludes halogenated alkanes) is 13. The van der Waals surface area contributed by atoms with Crippen LogP contribution in [0.15, 0.2) is 0 Å². The standard InChI is InChI=1S/C24H50O4S.K/c1-3-5-15-19-23(25)20-17-13-11-9-7-8-10-12-14-18-22-24(29(26,27)28)21-16-6-4-2;/h23-25H,3-22H2,1-2H3,(H,26,27,28);/q;+1/p-1. The van der Waals surface area contributed by atoms with Crippen LogP contribution in [-0.4, -0.2) is 29.4 Å². The third kappa shape index (κ3) is 22.7. The van der Waals surface area contributed by atoms with Gasteiger partial charge in [0, 0.05) is 5.25 Å². The fraction of sp³-hybridized carbons (Fsp3) is 1.00. The van der Waals surface area contributed by atoms with Crippen molar-refractivity contribution < 1.29 is 69.5 Å². The summed E-state index contributed by atoms with van der Waals surface area (Å²) in [7, 11) is -4.14. The molecule has 2 unspecified atom stereocenters. The molecule has 176 valence electrons. The van der Waals surface area contributed by atoms with Gasteiger partial charge in [-0.1, -0.05) is 117 Å². The van der Waals surface area contributed by atoms with Crippen LogP contribution in [0.3, 0.4) is 0 Å². The van der Waals surface area contributed by atoms with Crippen molar-refractivity contribution in [3.8, 4) is 0 Å². The SMILES string of the molecule is CCCCCC(O)CCCCCCCCCCCCC(CCCCC)S(=O)(=O)[O-].[K+]. The van der Waals surface area contributed by atoms with E-state index >= 15 is 0 Å². The normalized spacial score (nSPS) is 13.7. The Labute approximate surface area is 230 Å². The first-order valence-electron chi connectivity index (χ1n) is 12.5. The molecule has 0 rings (SSSR count). The minimum Gasteiger partial charge on any atom is -0.748 e. The molecule has 0 aromatic heterocycles. The van der Waals surface area contributed by atoms with Crippen LogP contribution in [0, 0.1) is 0 Å². The number of aliphatic hydroxyl groups is 1. The summed E-state index contributed by atoms with van der Waals surface area (Å²) in [5, 5.41) is 9.23. The van der Waals surface area contributed by atoms with Gasteiger partial charge in [-0.15, -0.1) is 0 Å². The molecule has 0 aromatic rings. The fourth-order valence-corrected chi connectivity index (χ4v) is 4.91. The number of hydrogen-bond acceptors (Lipinski definition) is 4. The zero-order chi connectivity index (χ0) is 21.8. The van der Waals surface area contributed by atoms with Gasteiger partial charge in [-0.25, -0.2) is 8.42 Å². The van der Waals surface area contributed by atoms with Crippen LogP contribution < -0.4 is 51.4 Å². The summed E-state index contributed by atoms with van der Waals surface area (Å²) < 4.78 is 34.1. The smallest absolute Gasteiger partial charge is 0.748 e. The van der Waals surface area contributed by atoms with Crippen molar-refractivity contribution in [2.24, 2.45) is 0 Å². The van der Waals surface area contributed by atoms with Crippen LogP contribution in [-0.2, 0) is 10.1 Å². The summed E-state index contributed by atoms with van der Waals surface area (Å²) in [6, 6.07) is 0. The number of rotatable bonds is 22. The van der Waals surface area contributed by atoms with Crippen LogP contribution in [0.1, 0.15) is 142 Å². The Balaban J connectivity index is 0. The maximum absolute atomic E-state index is 11.4. The summed E-state index contributed by atoms with van der Waals surface area (Å²) >= 11 is 0. The van der Waals surface area contributed by atoms with Gasteiger partial charge >= 0.3 is 51.4 Å². The third-order valence-electron chi connectivity index (χ3n) is 5.99. The molecule has 0 fully saturated rings. The fourth-order valence-electron chi connectivity index (χ4n) is 4.00. The molecule has 0 saturated heterocycles. The molecule has 0 aliphatic heterocycles. The average Bonchev–Trinajstić information content (AvgIpc) is 2.66. The molecule has 0 heterocycles. The van der Waals surface area contributed by atoms with Crippen LogP contribution in [0.4, 0.5) is 0 Å². The first-order chi connectivity index (χ1) is 13.9. The molecule has 2 atom stereocenters. The van der Waals surface area contributed by atoms with Crippen LogP contribution in [0.25, 0.3) is 0 Å². The minimum atomic E-state index is -4.14. The second kappa shape index (κ2) is 23.7.